The monoisotopic (exact) mass is 402 g/mol. The standard InChI is InChI=1S/C23H34N2O4/c1-17-7-8-18(15-19(17)20(26)28-5)16-25-12-6-9-23(25)10-13-24(14-11-23)21(27)29-22(2,3)4/h7-8,15H,6,9-14,16H2,1-5H3. The van der Waals surface area contributed by atoms with Crippen LogP contribution in [-0.4, -0.2) is 59.7 Å². The van der Waals surface area contributed by atoms with Gasteiger partial charge in [0.25, 0.3) is 0 Å². The van der Waals surface area contributed by atoms with E-state index in [0.29, 0.717) is 5.56 Å². The average molecular weight is 403 g/mol. The van der Waals surface area contributed by atoms with Gasteiger partial charge in [0.15, 0.2) is 0 Å². The van der Waals surface area contributed by atoms with Crippen LogP contribution in [0.2, 0.25) is 0 Å². The van der Waals surface area contributed by atoms with Gasteiger partial charge in [0.1, 0.15) is 5.60 Å². The highest BCUT2D eigenvalue weighted by Gasteiger charge is 2.44. The first-order valence-corrected chi connectivity index (χ1v) is 10.5. The van der Waals surface area contributed by atoms with Gasteiger partial charge in [-0.15, -0.1) is 0 Å². The molecule has 2 aliphatic rings. The van der Waals surface area contributed by atoms with Crippen LogP contribution >= 0.6 is 0 Å². The van der Waals surface area contributed by atoms with Crippen LogP contribution in [0, 0.1) is 6.92 Å². The summed E-state index contributed by atoms with van der Waals surface area (Å²) in [5, 5.41) is 0. The van der Waals surface area contributed by atoms with E-state index in [1.807, 2.05) is 44.7 Å². The molecule has 0 atom stereocenters. The second kappa shape index (κ2) is 8.34. The number of hydrogen-bond donors (Lipinski definition) is 0. The number of likely N-dealkylation sites (tertiary alicyclic amines) is 2. The first-order valence-electron chi connectivity index (χ1n) is 10.5. The van der Waals surface area contributed by atoms with Crippen molar-refractivity contribution in [1.82, 2.24) is 9.80 Å². The van der Waals surface area contributed by atoms with Crippen molar-refractivity contribution < 1.29 is 19.1 Å². The lowest BCUT2D eigenvalue weighted by molar-refractivity contribution is 0.00165. The van der Waals surface area contributed by atoms with Crippen LogP contribution in [-0.2, 0) is 16.0 Å². The van der Waals surface area contributed by atoms with Crippen LogP contribution in [0.4, 0.5) is 4.79 Å². The van der Waals surface area contributed by atoms with Gasteiger partial charge in [0.05, 0.1) is 12.7 Å². The number of carbonyl (C=O) groups excluding carboxylic acids is 2. The molecule has 160 valence electrons. The minimum absolute atomic E-state index is 0.134. The number of methoxy groups -OCH3 is 1. The average Bonchev–Trinajstić information content (AvgIpc) is 3.03. The first kappa shape index (κ1) is 21.6. The highest BCUT2D eigenvalue weighted by atomic mass is 16.6. The molecule has 1 aromatic carbocycles. The van der Waals surface area contributed by atoms with Crippen molar-refractivity contribution in [1.29, 1.82) is 0 Å². The lowest BCUT2D eigenvalue weighted by Crippen LogP contribution is -2.53. The second-order valence-electron chi connectivity index (χ2n) is 9.36. The number of amides is 1. The van der Waals surface area contributed by atoms with E-state index in [-0.39, 0.29) is 17.6 Å². The first-order chi connectivity index (χ1) is 13.6. The van der Waals surface area contributed by atoms with Gasteiger partial charge in [-0.25, -0.2) is 9.59 Å². The zero-order valence-corrected chi connectivity index (χ0v) is 18.4. The van der Waals surface area contributed by atoms with Gasteiger partial charge in [-0.3, -0.25) is 4.90 Å². The number of aryl methyl sites for hydroxylation is 1. The van der Waals surface area contributed by atoms with Crippen LogP contribution < -0.4 is 0 Å². The Hall–Kier alpha value is -2.08. The number of rotatable bonds is 3. The Bertz CT molecular complexity index is 761. The van der Waals surface area contributed by atoms with E-state index < -0.39 is 5.60 Å². The molecular formula is C23H34N2O4. The van der Waals surface area contributed by atoms with Gasteiger partial charge >= 0.3 is 12.1 Å². The molecule has 0 radical (unpaired) electrons. The number of carbonyl (C=O) groups is 2. The number of ether oxygens (including phenoxy) is 2. The maximum Gasteiger partial charge on any atom is 0.410 e. The molecule has 0 aliphatic carbocycles. The third kappa shape index (κ3) is 4.92. The minimum atomic E-state index is -0.464. The SMILES string of the molecule is COC(=O)c1cc(CN2CCCC23CCN(C(=O)OC(C)(C)C)CC3)ccc1C. The third-order valence-electron chi connectivity index (χ3n) is 6.17. The van der Waals surface area contributed by atoms with E-state index in [1.54, 1.807) is 0 Å². The fourth-order valence-corrected chi connectivity index (χ4v) is 4.56. The maximum absolute atomic E-state index is 12.4. The van der Waals surface area contributed by atoms with Gasteiger partial charge < -0.3 is 14.4 Å². The second-order valence-corrected chi connectivity index (χ2v) is 9.36. The van der Waals surface area contributed by atoms with Crippen molar-refractivity contribution in [2.75, 3.05) is 26.7 Å². The number of hydrogen-bond acceptors (Lipinski definition) is 5. The Morgan fingerprint density at radius 2 is 1.79 bits per heavy atom. The molecule has 0 saturated carbocycles. The van der Waals surface area contributed by atoms with Crippen LogP contribution in [0.15, 0.2) is 18.2 Å². The van der Waals surface area contributed by atoms with Crippen LogP contribution in [0.5, 0.6) is 0 Å². The van der Waals surface area contributed by atoms with Crippen molar-refractivity contribution in [2.45, 2.75) is 71.1 Å². The van der Waals surface area contributed by atoms with Gasteiger partial charge in [0.2, 0.25) is 0 Å². The zero-order valence-electron chi connectivity index (χ0n) is 18.4. The third-order valence-corrected chi connectivity index (χ3v) is 6.17. The summed E-state index contributed by atoms with van der Waals surface area (Å²) in [5.41, 5.74) is 2.37. The van der Waals surface area contributed by atoms with E-state index in [9.17, 15) is 9.59 Å². The molecule has 2 aliphatic heterocycles. The fraction of sp³-hybridized carbons (Fsp3) is 0.652. The Balaban J connectivity index is 1.67. The summed E-state index contributed by atoms with van der Waals surface area (Å²) in [7, 11) is 1.42. The summed E-state index contributed by atoms with van der Waals surface area (Å²) in [6, 6.07) is 6.06. The largest absolute Gasteiger partial charge is 0.465 e. The summed E-state index contributed by atoms with van der Waals surface area (Å²) in [6.45, 7) is 11.0. The van der Waals surface area contributed by atoms with E-state index >= 15 is 0 Å². The van der Waals surface area contributed by atoms with Gasteiger partial charge in [-0.1, -0.05) is 12.1 Å². The Morgan fingerprint density at radius 3 is 2.41 bits per heavy atom. The summed E-state index contributed by atoms with van der Waals surface area (Å²) >= 11 is 0. The molecule has 3 rings (SSSR count). The molecule has 0 aromatic heterocycles. The molecular weight excluding hydrogens is 368 g/mol. The van der Waals surface area contributed by atoms with Gasteiger partial charge in [-0.05, 0) is 77.1 Å². The Labute approximate surface area is 174 Å². The lowest BCUT2D eigenvalue weighted by atomic mass is 9.84. The van der Waals surface area contributed by atoms with Gasteiger partial charge in [-0.2, -0.15) is 0 Å². The van der Waals surface area contributed by atoms with Crippen molar-refractivity contribution in [3.63, 3.8) is 0 Å². The number of esters is 1. The maximum atomic E-state index is 12.4. The molecule has 29 heavy (non-hydrogen) atoms. The van der Waals surface area contributed by atoms with Gasteiger partial charge in [0, 0.05) is 25.2 Å². The number of nitrogens with zero attached hydrogens (tertiary/aromatic N) is 2. The van der Waals surface area contributed by atoms with Crippen molar-refractivity contribution >= 4 is 12.1 Å². The van der Waals surface area contributed by atoms with E-state index in [0.717, 1.165) is 56.6 Å². The molecule has 2 fully saturated rings. The lowest BCUT2D eigenvalue weighted by Gasteiger charge is -2.45. The van der Waals surface area contributed by atoms with Crippen molar-refractivity contribution in [3.05, 3.63) is 34.9 Å². The number of benzene rings is 1. The van der Waals surface area contributed by atoms with Crippen LogP contribution in [0.1, 0.15) is 67.9 Å². The van der Waals surface area contributed by atoms with E-state index in [4.69, 9.17) is 9.47 Å². The highest BCUT2D eigenvalue weighted by molar-refractivity contribution is 5.91. The molecule has 2 saturated heterocycles. The summed E-state index contributed by atoms with van der Waals surface area (Å²) in [6.07, 6.45) is 4.04. The predicted molar refractivity (Wildman–Crippen MR) is 112 cm³/mol. The zero-order chi connectivity index (χ0) is 21.2. The quantitative estimate of drug-likeness (QED) is 0.711. The van der Waals surface area contributed by atoms with Crippen LogP contribution in [0.25, 0.3) is 0 Å². The van der Waals surface area contributed by atoms with Crippen LogP contribution in [0.3, 0.4) is 0 Å². The Kier molecular flexibility index (Phi) is 6.22. The highest BCUT2D eigenvalue weighted by Crippen LogP contribution is 2.39. The molecule has 1 aromatic rings. The summed E-state index contributed by atoms with van der Waals surface area (Å²) in [4.78, 5) is 28.8. The number of piperidine rings is 1. The summed E-state index contributed by atoms with van der Waals surface area (Å²) < 4.78 is 10.5. The molecule has 1 spiro atoms. The molecule has 0 unspecified atom stereocenters. The van der Waals surface area contributed by atoms with E-state index in [1.165, 1.54) is 13.5 Å². The normalized spacial score (nSPS) is 19.4. The van der Waals surface area contributed by atoms with E-state index in [2.05, 4.69) is 11.0 Å². The summed E-state index contributed by atoms with van der Waals surface area (Å²) in [5.74, 6) is -0.286. The molecule has 6 heteroatoms. The molecule has 0 N–H and O–H groups in total. The molecule has 6 nitrogen and oxygen atoms in total. The topological polar surface area (TPSA) is 59.1 Å². The Morgan fingerprint density at radius 1 is 1.10 bits per heavy atom. The molecule has 0 bridgehead atoms. The molecule has 2 heterocycles. The van der Waals surface area contributed by atoms with Crippen molar-refractivity contribution in [2.24, 2.45) is 0 Å². The predicted octanol–water partition coefficient (Wildman–Crippen LogP) is 4.15. The molecule has 1 amide bonds. The minimum Gasteiger partial charge on any atom is -0.465 e. The van der Waals surface area contributed by atoms with Crippen molar-refractivity contribution in [3.8, 4) is 0 Å². The smallest absolute Gasteiger partial charge is 0.410 e. The fourth-order valence-electron chi connectivity index (χ4n) is 4.56.